The van der Waals surface area contributed by atoms with Crippen molar-refractivity contribution in [2.24, 2.45) is 5.92 Å². The van der Waals surface area contributed by atoms with Crippen molar-refractivity contribution in [2.45, 2.75) is 12.8 Å². The van der Waals surface area contributed by atoms with Crippen LogP contribution in [0.4, 0.5) is 4.79 Å². The second-order valence-corrected chi connectivity index (χ2v) is 6.93. The van der Waals surface area contributed by atoms with Gasteiger partial charge in [-0.25, -0.2) is 4.79 Å². The molecular formula is C22H26N2O5. The first-order valence-electron chi connectivity index (χ1n) is 9.58. The number of rotatable bonds is 8. The average molecular weight is 398 g/mol. The molecule has 2 amide bonds. The van der Waals surface area contributed by atoms with Gasteiger partial charge >= 0.3 is 6.09 Å². The van der Waals surface area contributed by atoms with Crippen LogP contribution in [0.1, 0.15) is 12.0 Å². The van der Waals surface area contributed by atoms with E-state index in [4.69, 9.17) is 14.2 Å². The maximum Gasteiger partial charge on any atom is 0.412 e. The molecule has 2 aromatic carbocycles. The van der Waals surface area contributed by atoms with Crippen LogP contribution in [0.15, 0.2) is 48.5 Å². The molecule has 1 unspecified atom stereocenters. The van der Waals surface area contributed by atoms with Gasteiger partial charge in [0.25, 0.3) is 0 Å². The summed E-state index contributed by atoms with van der Waals surface area (Å²) in [6, 6.07) is 14.7. The van der Waals surface area contributed by atoms with Gasteiger partial charge in [-0.1, -0.05) is 24.3 Å². The summed E-state index contributed by atoms with van der Waals surface area (Å²) >= 11 is 0. The Balaban J connectivity index is 1.45. The summed E-state index contributed by atoms with van der Waals surface area (Å²) in [6.45, 7) is 1.65. The number of likely N-dealkylation sites (tertiary alicyclic amines) is 1. The van der Waals surface area contributed by atoms with Crippen LogP contribution in [0.2, 0.25) is 0 Å². The molecule has 29 heavy (non-hydrogen) atoms. The van der Waals surface area contributed by atoms with Crippen molar-refractivity contribution in [3.05, 3.63) is 54.1 Å². The van der Waals surface area contributed by atoms with E-state index in [0.29, 0.717) is 43.3 Å². The minimum atomic E-state index is -0.507. The highest BCUT2D eigenvalue weighted by Crippen LogP contribution is 2.28. The largest absolute Gasteiger partial charge is 0.493 e. The molecule has 0 saturated carbocycles. The summed E-state index contributed by atoms with van der Waals surface area (Å²) in [5, 5.41) is 2.75. The van der Waals surface area contributed by atoms with Crippen molar-refractivity contribution in [1.82, 2.24) is 10.2 Å². The van der Waals surface area contributed by atoms with E-state index in [2.05, 4.69) is 5.32 Å². The lowest BCUT2D eigenvalue weighted by Gasteiger charge is -2.17. The Labute approximate surface area is 170 Å². The molecule has 1 N–H and O–H groups in total. The van der Waals surface area contributed by atoms with Crippen molar-refractivity contribution < 1.29 is 23.8 Å². The second kappa shape index (κ2) is 9.82. The van der Waals surface area contributed by atoms with Gasteiger partial charge in [-0.3, -0.25) is 4.79 Å². The van der Waals surface area contributed by atoms with Crippen LogP contribution in [0.25, 0.3) is 0 Å². The first-order chi connectivity index (χ1) is 14.1. The molecule has 0 aromatic heterocycles. The van der Waals surface area contributed by atoms with Crippen molar-refractivity contribution in [1.29, 1.82) is 0 Å². The lowest BCUT2D eigenvalue weighted by molar-refractivity contribution is -0.127. The van der Waals surface area contributed by atoms with Gasteiger partial charge in [-0.05, 0) is 36.2 Å². The maximum absolute atomic E-state index is 12.3. The van der Waals surface area contributed by atoms with Crippen LogP contribution in [0, 0.1) is 5.92 Å². The molecule has 7 heteroatoms. The first-order valence-corrected chi connectivity index (χ1v) is 9.58. The highest BCUT2D eigenvalue weighted by atomic mass is 16.6. The van der Waals surface area contributed by atoms with Gasteiger partial charge in [0.1, 0.15) is 5.75 Å². The number of nitrogens with one attached hydrogen (secondary N) is 1. The minimum Gasteiger partial charge on any atom is -0.493 e. The number of methoxy groups -OCH3 is 2. The Morgan fingerprint density at radius 2 is 1.86 bits per heavy atom. The van der Waals surface area contributed by atoms with E-state index in [-0.39, 0.29) is 11.8 Å². The Hall–Kier alpha value is -3.22. The molecule has 0 spiro atoms. The van der Waals surface area contributed by atoms with Crippen LogP contribution < -0.4 is 19.5 Å². The zero-order valence-electron chi connectivity index (χ0n) is 16.7. The van der Waals surface area contributed by atoms with E-state index in [1.165, 1.54) is 0 Å². The fraction of sp³-hybridized carbons (Fsp3) is 0.364. The number of para-hydroxylation sites is 1. The third-order valence-corrected chi connectivity index (χ3v) is 4.90. The van der Waals surface area contributed by atoms with E-state index in [0.717, 1.165) is 12.0 Å². The predicted molar refractivity (Wildman–Crippen MR) is 108 cm³/mol. The SMILES string of the molecule is COc1ccc(CCN2CC(CNC(=O)Oc3ccccc3)CC2=O)cc1OC. The Bertz CT molecular complexity index is 840. The lowest BCUT2D eigenvalue weighted by atomic mass is 10.1. The molecule has 1 aliphatic heterocycles. The number of hydrogen-bond acceptors (Lipinski definition) is 5. The Kier molecular flexibility index (Phi) is 6.94. The number of nitrogens with zero attached hydrogens (tertiary/aromatic N) is 1. The van der Waals surface area contributed by atoms with Gasteiger partial charge in [0.2, 0.25) is 5.91 Å². The molecule has 7 nitrogen and oxygen atoms in total. The zero-order chi connectivity index (χ0) is 20.6. The van der Waals surface area contributed by atoms with Gasteiger partial charge in [0.15, 0.2) is 11.5 Å². The van der Waals surface area contributed by atoms with Gasteiger partial charge in [0, 0.05) is 32.0 Å². The van der Waals surface area contributed by atoms with Crippen LogP contribution in [0.3, 0.4) is 0 Å². The van der Waals surface area contributed by atoms with Gasteiger partial charge in [0.05, 0.1) is 14.2 Å². The predicted octanol–water partition coefficient (Wildman–Crippen LogP) is 2.88. The fourth-order valence-corrected chi connectivity index (χ4v) is 3.37. The van der Waals surface area contributed by atoms with E-state index in [9.17, 15) is 9.59 Å². The van der Waals surface area contributed by atoms with Crippen molar-refractivity contribution in [3.8, 4) is 17.2 Å². The normalized spacial score (nSPS) is 15.9. The Morgan fingerprint density at radius 1 is 1.10 bits per heavy atom. The first kappa shape index (κ1) is 20.5. The number of hydrogen-bond donors (Lipinski definition) is 1. The molecule has 1 atom stereocenters. The molecule has 3 rings (SSSR count). The second-order valence-electron chi connectivity index (χ2n) is 6.93. The van der Waals surface area contributed by atoms with Crippen LogP contribution in [-0.2, 0) is 11.2 Å². The summed E-state index contributed by atoms with van der Waals surface area (Å²) in [7, 11) is 3.20. The zero-order valence-corrected chi connectivity index (χ0v) is 16.7. The molecular weight excluding hydrogens is 372 g/mol. The summed E-state index contributed by atoms with van der Waals surface area (Å²) in [5.41, 5.74) is 1.07. The summed E-state index contributed by atoms with van der Waals surface area (Å²) in [5.74, 6) is 2.03. The number of carbonyl (C=O) groups is 2. The van der Waals surface area contributed by atoms with E-state index in [1.807, 2.05) is 29.2 Å². The van der Waals surface area contributed by atoms with Crippen LogP contribution in [-0.4, -0.2) is 50.8 Å². The lowest BCUT2D eigenvalue weighted by Crippen LogP contribution is -2.33. The summed E-state index contributed by atoms with van der Waals surface area (Å²) in [6.07, 6.45) is 0.646. The van der Waals surface area contributed by atoms with E-state index in [1.54, 1.807) is 38.5 Å². The van der Waals surface area contributed by atoms with E-state index < -0.39 is 6.09 Å². The molecule has 0 aliphatic carbocycles. The topological polar surface area (TPSA) is 77.1 Å². The molecule has 1 aliphatic rings. The molecule has 1 saturated heterocycles. The average Bonchev–Trinajstić information content (AvgIpc) is 3.10. The monoisotopic (exact) mass is 398 g/mol. The molecule has 0 radical (unpaired) electrons. The third kappa shape index (κ3) is 5.63. The maximum atomic E-state index is 12.3. The van der Waals surface area contributed by atoms with Crippen LogP contribution in [0.5, 0.6) is 17.2 Å². The molecule has 2 aromatic rings. The molecule has 154 valence electrons. The molecule has 1 heterocycles. The van der Waals surface area contributed by atoms with Gasteiger partial charge in [-0.15, -0.1) is 0 Å². The smallest absolute Gasteiger partial charge is 0.412 e. The van der Waals surface area contributed by atoms with Crippen LogP contribution >= 0.6 is 0 Å². The van der Waals surface area contributed by atoms with E-state index >= 15 is 0 Å². The minimum absolute atomic E-state index is 0.0798. The quantitative estimate of drug-likeness (QED) is 0.740. The van der Waals surface area contributed by atoms with Crippen molar-refractivity contribution in [2.75, 3.05) is 33.9 Å². The van der Waals surface area contributed by atoms with Crippen molar-refractivity contribution in [3.63, 3.8) is 0 Å². The highest BCUT2D eigenvalue weighted by molar-refractivity contribution is 5.79. The molecule has 1 fully saturated rings. The number of benzene rings is 2. The fourth-order valence-electron chi connectivity index (χ4n) is 3.37. The number of carbonyl (C=O) groups excluding carboxylic acids is 2. The Morgan fingerprint density at radius 3 is 2.59 bits per heavy atom. The van der Waals surface area contributed by atoms with Gasteiger partial charge in [-0.2, -0.15) is 0 Å². The van der Waals surface area contributed by atoms with Gasteiger partial charge < -0.3 is 24.4 Å². The summed E-state index contributed by atoms with van der Waals surface area (Å²) in [4.78, 5) is 26.0. The number of ether oxygens (including phenoxy) is 3. The third-order valence-electron chi connectivity index (χ3n) is 4.90. The molecule has 0 bridgehead atoms. The van der Waals surface area contributed by atoms with Crippen molar-refractivity contribution >= 4 is 12.0 Å². The summed E-state index contributed by atoms with van der Waals surface area (Å²) < 4.78 is 15.8. The highest BCUT2D eigenvalue weighted by Gasteiger charge is 2.29. The standard InChI is InChI=1S/C22H26N2O5/c1-27-19-9-8-16(12-20(19)28-2)10-11-24-15-17(13-21(24)25)14-23-22(26)29-18-6-4-3-5-7-18/h3-9,12,17H,10-11,13-15H2,1-2H3,(H,23,26). The number of amides is 2.